The Morgan fingerprint density at radius 1 is 1.25 bits per heavy atom. The van der Waals surface area contributed by atoms with Gasteiger partial charge in [-0.1, -0.05) is 18.2 Å². The summed E-state index contributed by atoms with van der Waals surface area (Å²) in [6.45, 7) is 3.31. The molecule has 0 aliphatic rings. The van der Waals surface area contributed by atoms with Crippen molar-refractivity contribution in [2.24, 2.45) is 0 Å². The highest BCUT2D eigenvalue weighted by atomic mass is 16.5. The first-order valence-corrected chi connectivity index (χ1v) is 6.62. The van der Waals surface area contributed by atoms with E-state index in [4.69, 9.17) is 9.47 Å². The molecule has 5 nitrogen and oxygen atoms in total. The second-order valence-corrected chi connectivity index (χ2v) is 4.68. The van der Waals surface area contributed by atoms with Crippen molar-refractivity contribution >= 4 is 11.6 Å². The van der Waals surface area contributed by atoms with Crippen LogP contribution in [0.25, 0.3) is 0 Å². The highest BCUT2D eigenvalue weighted by Crippen LogP contribution is 2.22. The summed E-state index contributed by atoms with van der Waals surface area (Å²) in [7, 11) is 3.40. The average Bonchev–Trinajstić information content (AvgIpc) is 2.90. The number of methoxy groups -OCH3 is 2. The summed E-state index contributed by atoms with van der Waals surface area (Å²) in [6.07, 6.45) is 3.73. The molecule has 0 aliphatic heterocycles. The molecule has 2 rings (SSSR count). The Bertz CT molecular complexity index is 539. The van der Waals surface area contributed by atoms with Gasteiger partial charge in [-0.2, -0.15) is 0 Å². The van der Waals surface area contributed by atoms with Gasteiger partial charge in [0, 0.05) is 37.9 Å². The van der Waals surface area contributed by atoms with Crippen LogP contribution in [0.1, 0.15) is 18.5 Å². The summed E-state index contributed by atoms with van der Waals surface area (Å²) in [5.41, 5.74) is 2.11. The van der Waals surface area contributed by atoms with Gasteiger partial charge in [0.1, 0.15) is 0 Å². The number of hydrogen-bond donors (Lipinski definition) is 1. The molecule has 0 spiro atoms. The number of nitrogens with one attached hydrogen (secondary N) is 1. The molecule has 20 heavy (non-hydrogen) atoms. The predicted octanol–water partition coefficient (Wildman–Crippen LogP) is 2.98. The van der Waals surface area contributed by atoms with Crippen LogP contribution < -0.4 is 5.32 Å². The molecule has 0 saturated heterocycles. The highest BCUT2D eigenvalue weighted by molar-refractivity contribution is 5.58. The smallest absolute Gasteiger partial charge is 0.207 e. The highest BCUT2D eigenvalue weighted by Gasteiger charge is 2.11. The van der Waals surface area contributed by atoms with Gasteiger partial charge in [-0.25, -0.2) is 4.98 Å². The van der Waals surface area contributed by atoms with Gasteiger partial charge < -0.3 is 19.4 Å². The first kappa shape index (κ1) is 14.6. The summed E-state index contributed by atoms with van der Waals surface area (Å²) >= 11 is 0. The van der Waals surface area contributed by atoms with E-state index in [0.29, 0.717) is 13.2 Å². The van der Waals surface area contributed by atoms with E-state index < -0.39 is 0 Å². The minimum atomic E-state index is 0.222. The Labute approximate surface area is 119 Å². The van der Waals surface area contributed by atoms with E-state index in [1.807, 2.05) is 30.5 Å². The van der Waals surface area contributed by atoms with E-state index in [1.165, 1.54) is 0 Å². The number of nitrogens with zero attached hydrogens (tertiary/aromatic N) is 2. The van der Waals surface area contributed by atoms with Crippen LogP contribution in [0.15, 0.2) is 36.7 Å². The van der Waals surface area contributed by atoms with Crippen LogP contribution in [0.4, 0.5) is 11.6 Å². The third-order valence-corrected chi connectivity index (χ3v) is 3.12. The molecule has 2 aromatic rings. The number of benzene rings is 1. The number of rotatable bonds is 7. The number of para-hydroxylation sites is 1. The summed E-state index contributed by atoms with van der Waals surface area (Å²) in [4.78, 5) is 4.37. The van der Waals surface area contributed by atoms with E-state index >= 15 is 0 Å². The molecular weight excluding hydrogens is 254 g/mol. The van der Waals surface area contributed by atoms with Crippen LogP contribution in [0.2, 0.25) is 0 Å². The zero-order chi connectivity index (χ0) is 14.4. The van der Waals surface area contributed by atoms with Gasteiger partial charge in [0.05, 0.1) is 19.3 Å². The number of ether oxygens (including phenoxy) is 2. The van der Waals surface area contributed by atoms with E-state index in [1.54, 1.807) is 20.4 Å². The number of anilines is 2. The van der Waals surface area contributed by atoms with Crippen molar-refractivity contribution in [3.05, 3.63) is 42.2 Å². The zero-order valence-corrected chi connectivity index (χ0v) is 12.2. The van der Waals surface area contributed by atoms with Gasteiger partial charge in [0.2, 0.25) is 5.95 Å². The monoisotopic (exact) mass is 275 g/mol. The predicted molar refractivity (Wildman–Crippen MR) is 79.3 cm³/mol. The largest absolute Gasteiger partial charge is 0.383 e. The average molecular weight is 275 g/mol. The molecule has 0 radical (unpaired) electrons. The molecule has 1 N–H and O–H groups in total. The minimum Gasteiger partial charge on any atom is -0.383 e. The molecular formula is C15H21N3O2. The topological polar surface area (TPSA) is 48.3 Å². The summed E-state index contributed by atoms with van der Waals surface area (Å²) in [5, 5.41) is 3.36. The lowest BCUT2D eigenvalue weighted by Gasteiger charge is -2.17. The fraction of sp³-hybridized carbons (Fsp3) is 0.400. The molecule has 1 unspecified atom stereocenters. The standard InChI is InChI=1S/C15H21N3O2/c1-12(10-19-2)18-9-8-16-15(18)17-14-7-5-4-6-13(14)11-20-3/h4-9,12H,10-11H2,1-3H3,(H,16,17). The van der Waals surface area contributed by atoms with Crippen LogP contribution in [0.5, 0.6) is 0 Å². The van der Waals surface area contributed by atoms with Crippen LogP contribution in [-0.4, -0.2) is 30.4 Å². The molecule has 0 fully saturated rings. The van der Waals surface area contributed by atoms with E-state index in [0.717, 1.165) is 17.2 Å². The minimum absolute atomic E-state index is 0.222. The maximum absolute atomic E-state index is 5.22. The Morgan fingerprint density at radius 3 is 2.80 bits per heavy atom. The SMILES string of the molecule is COCc1ccccc1Nc1nccn1C(C)COC. The van der Waals surface area contributed by atoms with Gasteiger partial charge >= 0.3 is 0 Å². The number of hydrogen-bond acceptors (Lipinski definition) is 4. The van der Waals surface area contributed by atoms with E-state index in [9.17, 15) is 0 Å². The van der Waals surface area contributed by atoms with Crippen molar-refractivity contribution < 1.29 is 9.47 Å². The van der Waals surface area contributed by atoms with E-state index in [2.05, 4.69) is 21.8 Å². The zero-order valence-electron chi connectivity index (χ0n) is 12.2. The van der Waals surface area contributed by atoms with Crippen LogP contribution >= 0.6 is 0 Å². The van der Waals surface area contributed by atoms with Crippen LogP contribution in [-0.2, 0) is 16.1 Å². The van der Waals surface area contributed by atoms with Gasteiger partial charge in [-0.15, -0.1) is 0 Å². The maximum atomic E-state index is 5.22. The summed E-state index contributed by atoms with van der Waals surface area (Å²) in [6, 6.07) is 8.28. The molecule has 1 atom stereocenters. The van der Waals surface area contributed by atoms with Crippen molar-refractivity contribution in [3.8, 4) is 0 Å². The van der Waals surface area contributed by atoms with Gasteiger partial charge in [0.25, 0.3) is 0 Å². The van der Waals surface area contributed by atoms with Crippen molar-refractivity contribution in [2.75, 3.05) is 26.1 Å². The first-order chi connectivity index (χ1) is 9.76. The molecule has 108 valence electrons. The maximum Gasteiger partial charge on any atom is 0.207 e. The van der Waals surface area contributed by atoms with Gasteiger partial charge in [0.15, 0.2) is 0 Å². The van der Waals surface area contributed by atoms with Crippen molar-refractivity contribution in [1.29, 1.82) is 0 Å². The molecule has 0 aliphatic carbocycles. The lowest BCUT2D eigenvalue weighted by molar-refractivity contribution is 0.163. The van der Waals surface area contributed by atoms with Crippen LogP contribution in [0, 0.1) is 0 Å². The Hall–Kier alpha value is -1.85. The van der Waals surface area contributed by atoms with E-state index in [-0.39, 0.29) is 6.04 Å². The second-order valence-electron chi connectivity index (χ2n) is 4.68. The fourth-order valence-electron chi connectivity index (χ4n) is 2.13. The van der Waals surface area contributed by atoms with Crippen molar-refractivity contribution in [3.63, 3.8) is 0 Å². The van der Waals surface area contributed by atoms with Crippen molar-refractivity contribution in [1.82, 2.24) is 9.55 Å². The molecule has 0 amide bonds. The first-order valence-electron chi connectivity index (χ1n) is 6.62. The van der Waals surface area contributed by atoms with Crippen molar-refractivity contribution in [2.45, 2.75) is 19.6 Å². The normalized spacial score (nSPS) is 12.3. The quantitative estimate of drug-likeness (QED) is 0.844. The number of imidazole rings is 1. The lowest BCUT2D eigenvalue weighted by Crippen LogP contribution is -2.13. The Kier molecular flexibility index (Phi) is 5.15. The Balaban J connectivity index is 2.20. The molecule has 0 saturated carbocycles. The van der Waals surface area contributed by atoms with Gasteiger partial charge in [-0.05, 0) is 13.0 Å². The second kappa shape index (κ2) is 7.07. The summed E-state index contributed by atoms with van der Waals surface area (Å²) in [5.74, 6) is 0.804. The molecule has 0 bridgehead atoms. The number of aromatic nitrogens is 2. The fourth-order valence-corrected chi connectivity index (χ4v) is 2.13. The third kappa shape index (κ3) is 3.37. The Morgan fingerprint density at radius 2 is 2.05 bits per heavy atom. The molecule has 1 heterocycles. The molecule has 5 heteroatoms. The molecule has 1 aromatic heterocycles. The van der Waals surface area contributed by atoms with Gasteiger partial charge in [-0.3, -0.25) is 0 Å². The van der Waals surface area contributed by atoms with Crippen LogP contribution in [0.3, 0.4) is 0 Å². The summed E-state index contributed by atoms with van der Waals surface area (Å²) < 4.78 is 12.5. The third-order valence-electron chi connectivity index (χ3n) is 3.12. The molecule has 1 aromatic carbocycles. The lowest BCUT2D eigenvalue weighted by atomic mass is 10.2.